The van der Waals surface area contributed by atoms with Crippen LogP contribution < -0.4 is 10.6 Å². The number of amides is 1. The molecule has 3 rings (SSSR count). The van der Waals surface area contributed by atoms with Gasteiger partial charge in [0.15, 0.2) is 0 Å². The van der Waals surface area contributed by atoms with Gasteiger partial charge in [0, 0.05) is 44.7 Å². The Morgan fingerprint density at radius 2 is 1.68 bits per heavy atom. The monoisotopic (exact) mass is 584 g/mol. The second-order valence-corrected chi connectivity index (χ2v) is 11.7. The molecule has 3 aromatic carbocycles. The molecule has 1 amide bonds. The summed E-state index contributed by atoms with van der Waals surface area (Å²) >= 11 is 0. The Balaban J connectivity index is 1.74. The maximum absolute atomic E-state index is 13.8. The van der Waals surface area contributed by atoms with E-state index in [-0.39, 0.29) is 42.0 Å². The van der Waals surface area contributed by atoms with Crippen molar-refractivity contribution in [2.75, 3.05) is 20.1 Å². The highest BCUT2D eigenvalue weighted by Gasteiger charge is 2.24. The summed E-state index contributed by atoms with van der Waals surface area (Å²) in [5.74, 6) is -2.14. The summed E-state index contributed by atoms with van der Waals surface area (Å²) in [7, 11) is -2.48. The van der Waals surface area contributed by atoms with Crippen molar-refractivity contribution in [3.8, 4) is 6.07 Å². The molecule has 0 fully saturated rings. The Morgan fingerprint density at radius 3 is 2.32 bits per heavy atom. The lowest BCUT2D eigenvalue weighted by molar-refractivity contribution is 0.0829. The van der Waals surface area contributed by atoms with Crippen LogP contribution in [0.4, 0.5) is 8.78 Å². The van der Waals surface area contributed by atoms with E-state index in [1.165, 1.54) is 36.9 Å². The number of nitrogens with one attached hydrogen (secondary N) is 2. The fourth-order valence-corrected chi connectivity index (χ4v) is 5.44. The van der Waals surface area contributed by atoms with E-state index in [1.807, 2.05) is 24.3 Å². The van der Waals surface area contributed by atoms with Crippen LogP contribution in [-0.4, -0.2) is 56.0 Å². The van der Waals surface area contributed by atoms with Crippen LogP contribution in [0, 0.1) is 23.0 Å². The van der Waals surface area contributed by atoms with Gasteiger partial charge in [0.25, 0.3) is 5.91 Å². The maximum atomic E-state index is 13.8. The molecule has 0 saturated heterocycles. The van der Waals surface area contributed by atoms with E-state index >= 15 is 0 Å². The molecular weight excluding hydrogens is 550 g/mol. The highest BCUT2D eigenvalue weighted by atomic mass is 32.2. The lowest BCUT2D eigenvalue weighted by Gasteiger charge is -2.25. The Hall–Kier alpha value is -3.69. The molecule has 0 bridgehead atoms. The molecule has 0 aromatic heterocycles. The molecular formula is C30H34F2N4O4S. The minimum absolute atomic E-state index is 0.0272. The quantitative estimate of drug-likeness (QED) is 0.266. The molecule has 0 aliphatic heterocycles. The number of sulfonamides is 1. The van der Waals surface area contributed by atoms with Crippen LogP contribution in [0.1, 0.15) is 40.4 Å². The molecule has 8 nitrogen and oxygen atoms in total. The van der Waals surface area contributed by atoms with Crippen molar-refractivity contribution < 1.29 is 27.1 Å². The second-order valence-electron chi connectivity index (χ2n) is 9.69. The summed E-state index contributed by atoms with van der Waals surface area (Å²) in [5, 5.41) is 25.6. The van der Waals surface area contributed by atoms with Gasteiger partial charge in [-0.3, -0.25) is 4.79 Å². The van der Waals surface area contributed by atoms with Gasteiger partial charge in [-0.1, -0.05) is 31.2 Å². The molecule has 0 saturated carbocycles. The van der Waals surface area contributed by atoms with Crippen LogP contribution in [-0.2, 0) is 29.4 Å². The molecule has 0 aliphatic carbocycles. The van der Waals surface area contributed by atoms with Gasteiger partial charge in [-0.05, 0) is 65.9 Å². The summed E-state index contributed by atoms with van der Waals surface area (Å²) in [6.07, 6.45) is -0.243. The predicted octanol–water partition coefficient (Wildman–Crippen LogP) is 3.55. The number of nitrogens with zero attached hydrogens (tertiary/aromatic N) is 2. The molecule has 0 heterocycles. The third-order valence-electron chi connectivity index (χ3n) is 6.60. The standard InChI is InChI=1S/C30H34F2N4O4S/c1-3-21-6-4-7-22(14-21)19-34-20-29(37)28(17-23-15-25(31)18-26(32)16-23)35-30(38)24-8-10-27(11-9-24)41(39,40)36(2)13-5-12-33/h4,6-11,14-16,18,28-29,34,37H,3,5,13,17,19-20H2,1-2H3,(H,35,38)/t28-,29-/m0/s1. The van der Waals surface area contributed by atoms with E-state index in [1.54, 1.807) is 0 Å². The van der Waals surface area contributed by atoms with Crippen molar-refractivity contribution in [1.82, 2.24) is 14.9 Å². The van der Waals surface area contributed by atoms with Gasteiger partial charge < -0.3 is 15.7 Å². The minimum atomic E-state index is -3.85. The van der Waals surface area contributed by atoms with E-state index in [4.69, 9.17) is 5.26 Å². The van der Waals surface area contributed by atoms with E-state index in [9.17, 15) is 27.1 Å². The Kier molecular flexibility index (Phi) is 11.5. The highest BCUT2D eigenvalue weighted by Crippen LogP contribution is 2.17. The fourth-order valence-electron chi connectivity index (χ4n) is 4.27. The van der Waals surface area contributed by atoms with Gasteiger partial charge in [-0.2, -0.15) is 9.57 Å². The van der Waals surface area contributed by atoms with Crippen LogP contribution >= 0.6 is 0 Å². The zero-order valence-electron chi connectivity index (χ0n) is 23.0. The second kappa shape index (κ2) is 14.8. The zero-order chi connectivity index (χ0) is 30.0. The van der Waals surface area contributed by atoms with Crippen LogP contribution in [0.15, 0.2) is 71.6 Å². The summed E-state index contributed by atoms with van der Waals surface area (Å²) in [5.41, 5.74) is 2.59. The number of carbonyl (C=O) groups excluding carboxylic acids is 1. The number of carbonyl (C=O) groups is 1. The van der Waals surface area contributed by atoms with E-state index in [0.717, 1.165) is 34.5 Å². The number of nitriles is 1. The van der Waals surface area contributed by atoms with Crippen LogP contribution in [0.3, 0.4) is 0 Å². The number of halogens is 2. The number of hydrogen-bond donors (Lipinski definition) is 3. The third kappa shape index (κ3) is 9.16. The summed E-state index contributed by atoms with van der Waals surface area (Å²) in [6, 6.07) is 17.2. The van der Waals surface area contributed by atoms with Crippen molar-refractivity contribution in [2.24, 2.45) is 0 Å². The number of rotatable bonds is 14. The Morgan fingerprint density at radius 1 is 1.02 bits per heavy atom. The predicted molar refractivity (Wildman–Crippen MR) is 151 cm³/mol. The highest BCUT2D eigenvalue weighted by molar-refractivity contribution is 7.89. The van der Waals surface area contributed by atoms with E-state index in [0.29, 0.717) is 6.54 Å². The first-order valence-corrected chi connectivity index (χ1v) is 14.6. The zero-order valence-corrected chi connectivity index (χ0v) is 23.8. The molecule has 0 unspecified atom stereocenters. The molecule has 2 atom stereocenters. The minimum Gasteiger partial charge on any atom is -0.390 e. The van der Waals surface area contributed by atoms with Gasteiger partial charge in [0.05, 0.1) is 23.1 Å². The van der Waals surface area contributed by atoms with Gasteiger partial charge >= 0.3 is 0 Å². The van der Waals surface area contributed by atoms with Gasteiger partial charge in [-0.15, -0.1) is 0 Å². The van der Waals surface area contributed by atoms with Crippen molar-refractivity contribution in [1.29, 1.82) is 5.26 Å². The number of aliphatic hydroxyl groups is 1. The lowest BCUT2D eigenvalue weighted by Crippen LogP contribution is -2.48. The molecule has 0 spiro atoms. The van der Waals surface area contributed by atoms with Gasteiger partial charge in [0.2, 0.25) is 10.0 Å². The van der Waals surface area contributed by atoms with Gasteiger partial charge in [-0.25, -0.2) is 17.2 Å². The average molecular weight is 585 g/mol. The molecule has 0 aliphatic rings. The average Bonchev–Trinajstić information content (AvgIpc) is 2.95. The van der Waals surface area contributed by atoms with Crippen molar-refractivity contribution in [3.05, 3.63) is 101 Å². The first-order valence-electron chi connectivity index (χ1n) is 13.2. The third-order valence-corrected chi connectivity index (χ3v) is 8.48. The molecule has 3 aromatic rings. The first kappa shape index (κ1) is 31.8. The van der Waals surface area contributed by atoms with Crippen molar-refractivity contribution >= 4 is 15.9 Å². The van der Waals surface area contributed by atoms with Crippen LogP contribution in [0.2, 0.25) is 0 Å². The SMILES string of the molecule is CCc1cccc(CNC[C@H](O)[C@H](Cc2cc(F)cc(F)c2)NC(=O)c2ccc(S(=O)(=O)N(C)CCC#N)cc2)c1. The largest absolute Gasteiger partial charge is 0.390 e. The van der Waals surface area contributed by atoms with Crippen molar-refractivity contribution in [3.63, 3.8) is 0 Å². The molecule has 3 N–H and O–H groups in total. The summed E-state index contributed by atoms with van der Waals surface area (Å²) < 4.78 is 54.1. The summed E-state index contributed by atoms with van der Waals surface area (Å²) in [6.45, 7) is 2.64. The van der Waals surface area contributed by atoms with Crippen LogP contribution in [0.25, 0.3) is 0 Å². The topological polar surface area (TPSA) is 123 Å². The molecule has 0 radical (unpaired) electrons. The first-order chi connectivity index (χ1) is 19.5. The molecule has 218 valence electrons. The van der Waals surface area contributed by atoms with Crippen molar-refractivity contribution in [2.45, 2.75) is 49.8 Å². The van der Waals surface area contributed by atoms with E-state index in [2.05, 4.69) is 23.6 Å². The number of benzene rings is 3. The number of aliphatic hydroxyl groups excluding tert-OH is 1. The number of hydrogen-bond acceptors (Lipinski definition) is 6. The summed E-state index contributed by atoms with van der Waals surface area (Å²) in [4.78, 5) is 13.1. The molecule has 41 heavy (non-hydrogen) atoms. The normalized spacial score (nSPS) is 13.0. The van der Waals surface area contributed by atoms with Crippen LogP contribution in [0.5, 0.6) is 0 Å². The smallest absolute Gasteiger partial charge is 0.251 e. The number of aryl methyl sites for hydroxylation is 1. The Bertz CT molecular complexity index is 1460. The fraction of sp³-hybridized carbons (Fsp3) is 0.333. The lowest BCUT2D eigenvalue weighted by atomic mass is 10.00. The maximum Gasteiger partial charge on any atom is 0.251 e. The van der Waals surface area contributed by atoms with E-state index < -0.39 is 39.7 Å². The van der Waals surface area contributed by atoms with Gasteiger partial charge in [0.1, 0.15) is 11.6 Å². The molecule has 11 heteroatoms. The Labute approximate surface area is 239 Å².